The van der Waals surface area contributed by atoms with Gasteiger partial charge in [-0.3, -0.25) is 0 Å². The van der Waals surface area contributed by atoms with E-state index in [0.29, 0.717) is 13.2 Å². The number of rotatable bonds is 4. The number of nitrogens with zero attached hydrogens (tertiary/aromatic N) is 3. The maximum absolute atomic E-state index is 5.67. The first kappa shape index (κ1) is 12.1. The van der Waals surface area contributed by atoms with E-state index in [0.717, 1.165) is 21.9 Å². The van der Waals surface area contributed by atoms with Crippen molar-refractivity contribution in [3.05, 3.63) is 40.4 Å². The zero-order chi connectivity index (χ0) is 12.3. The molecule has 90 valence electrons. The van der Waals surface area contributed by atoms with Gasteiger partial charge < -0.3 is 4.74 Å². The highest BCUT2D eigenvalue weighted by Gasteiger charge is 2.03. The lowest BCUT2D eigenvalue weighted by Crippen LogP contribution is -2.11. The van der Waals surface area contributed by atoms with Gasteiger partial charge in [0, 0.05) is 0 Å². The molecule has 0 amide bonds. The normalized spacial score (nSPS) is 10.5. The Morgan fingerprint density at radius 3 is 2.71 bits per heavy atom. The molecule has 0 aliphatic rings. The van der Waals surface area contributed by atoms with E-state index in [1.54, 1.807) is 0 Å². The molecule has 0 aliphatic heterocycles. The van der Waals surface area contributed by atoms with E-state index in [-0.39, 0.29) is 0 Å². The molecule has 1 heterocycles. The fourth-order valence-electron chi connectivity index (χ4n) is 1.58. The van der Waals surface area contributed by atoms with Crippen LogP contribution in [0.3, 0.4) is 0 Å². The van der Waals surface area contributed by atoms with Crippen molar-refractivity contribution in [3.8, 4) is 5.75 Å². The lowest BCUT2D eigenvalue weighted by atomic mass is 10.3. The summed E-state index contributed by atoms with van der Waals surface area (Å²) in [5.41, 5.74) is 0. The highest BCUT2D eigenvalue weighted by molar-refractivity contribution is 9.10. The number of ether oxygens (including phenoxy) is 1. The van der Waals surface area contributed by atoms with Gasteiger partial charge in [-0.2, -0.15) is 5.10 Å². The lowest BCUT2D eigenvalue weighted by molar-refractivity contribution is 0.287. The third kappa shape index (κ3) is 3.06. The largest absolute Gasteiger partial charge is 0.490 e. The van der Waals surface area contributed by atoms with Gasteiger partial charge in [-0.15, -0.1) is 0 Å². The zero-order valence-corrected chi connectivity index (χ0v) is 11.4. The summed E-state index contributed by atoms with van der Waals surface area (Å²) in [5, 5.41) is 4.28. The molecule has 0 bridgehead atoms. The first-order valence-corrected chi connectivity index (χ1v) is 6.21. The number of para-hydroxylation sites is 1. The molecule has 17 heavy (non-hydrogen) atoms. The minimum atomic E-state index is 0.576. The van der Waals surface area contributed by atoms with Crippen LogP contribution in [0.2, 0.25) is 0 Å². The quantitative estimate of drug-likeness (QED) is 0.871. The number of hydrogen-bond acceptors (Lipinski definition) is 3. The van der Waals surface area contributed by atoms with Crippen molar-refractivity contribution in [2.24, 2.45) is 0 Å². The minimum absolute atomic E-state index is 0.576. The molecular formula is C12H14BrN3O. The third-order valence-electron chi connectivity index (χ3n) is 2.36. The first-order chi connectivity index (χ1) is 8.16. The second kappa shape index (κ2) is 5.31. The Morgan fingerprint density at radius 1 is 1.29 bits per heavy atom. The van der Waals surface area contributed by atoms with E-state index >= 15 is 0 Å². The molecule has 0 fully saturated rings. The van der Waals surface area contributed by atoms with Gasteiger partial charge in [0.15, 0.2) is 0 Å². The average molecular weight is 296 g/mol. The smallest absolute Gasteiger partial charge is 0.147 e. The second-order valence-corrected chi connectivity index (χ2v) is 4.56. The fourth-order valence-corrected chi connectivity index (χ4v) is 1.98. The standard InChI is InChI=1S/C12H14BrN3O/c1-9-14-10(2)16(15-9)7-8-17-12-6-4-3-5-11(12)13/h3-6H,7-8H2,1-2H3. The van der Waals surface area contributed by atoms with Crippen molar-refractivity contribution in [2.75, 3.05) is 6.61 Å². The Labute approximate surface area is 109 Å². The Bertz CT molecular complexity index is 510. The molecule has 0 unspecified atom stereocenters. The van der Waals surface area contributed by atoms with Gasteiger partial charge in [-0.05, 0) is 41.9 Å². The predicted molar refractivity (Wildman–Crippen MR) is 69.1 cm³/mol. The second-order valence-electron chi connectivity index (χ2n) is 3.71. The molecule has 0 spiro atoms. The topological polar surface area (TPSA) is 39.9 Å². The fraction of sp³-hybridized carbons (Fsp3) is 0.333. The molecule has 4 nitrogen and oxygen atoms in total. The summed E-state index contributed by atoms with van der Waals surface area (Å²) in [7, 11) is 0. The van der Waals surface area contributed by atoms with E-state index in [9.17, 15) is 0 Å². The number of benzene rings is 1. The van der Waals surface area contributed by atoms with Gasteiger partial charge in [0.2, 0.25) is 0 Å². The molecule has 0 N–H and O–H groups in total. The summed E-state index contributed by atoms with van der Waals surface area (Å²) in [6, 6.07) is 7.80. The molecule has 0 saturated heterocycles. The number of aromatic nitrogens is 3. The molecule has 2 aromatic rings. The van der Waals surface area contributed by atoms with Crippen LogP contribution >= 0.6 is 15.9 Å². The summed E-state index contributed by atoms with van der Waals surface area (Å²) in [6.45, 7) is 5.11. The van der Waals surface area contributed by atoms with Gasteiger partial charge >= 0.3 is 0 Å². The highest BCUT2D eigenvalue weighted by atomic mass is 79.9. The molecule has 0 radical (unpaired) electrons. The van der Waals surface area contributed by atoms with Crippen LogP contribution < -0.4 is 4.74 Å². The molecular weight excluding hydrogens is 282 g/mol. The number of halogens is 1. The first-order valence-electron chi connectivity index (χ1n) is 5.42. The van der Waals surface area contributed by atoms with Crippen LogP contribution in [0.25, 0.3) is 0 Å². The molecule has 2 rings (SSSR count). The van der Waals surface area contributed by atoms with Gasteiger partial charge in [0.25, 0.3) is 0 Å². The molecule has 1 aromatic heterocycles. The van der Waals surface area contributed by atoms with Crippen LogP contribution in [0.5, 0.6) is 5.75 Å². The van der Waals surface area contributed by atoms with Gasteiger partial charge in [0.05, 0.1) is 11.0 Å². The Kier molecular flexibility index (Phi) is 3.78. The molecule has 0 saturated carbocycles. The van der Waals surface area contributed by atoms with Crippen molar-refractivity contribution in [2.45, 2.75) is 20.4 Å². The van der Waals surface area contributed by atoms with Crippen LogP contribution in [0.4, 0.5) is 0 Å². The van der Waals surface area contributed by atoms with Gasteiger partial charge in [-0.25, -0.2) is 9.67 Å². The van der Waals surface area contributed by atoms with Gasteiger partial charge in [0.1, 0.15) is 24.0 Å². The van der Waals surface area contributed by atoms with Crippen molar-refractivity contribution in [1.82, 2.24) is 14.8 Å². The summed E-state index contributed by atoms with van der Waals surface area (Å²) in [6.07, 6.45) is 0. The van der Waals surface area contributed by atoms with Crippen molar-refractivity contribution in [1.29, 1.82) is 0 Å². The highest BCUT2D eigenvalue weighted by Crippen LogP contribution is 2.23. The Balaban J connectivity index is 1.92. The third-order valence-corrected chi connectivity index (χ3v) is 3.02. The summed E-state index contributed by atoms with van der Waals surface area (Å²) in [4.78, 5) is 4.24. The molecule has 0 atom stereocenters. The van der Waals surface area contributed by atoms with E-state index in [1.165, 1.54) is 0 Å². The van der Waals surface area contributed by atoms with E-state index in [4.69, 9.17) is 4.74 Å². The molecule has 5 heteroatoms. The number of aryl methyl sites for hydroxylation is 2. The number of hydrogen-bond donors (Lipinski definition) is 0. The van der Waals surface area contributed by atoms with Crippen LogP contribution in [0, 0.1) is 13.8 Å². The summed E-state index contributed by atoms with van der Waals surface area (Å²) in [5.74, 6) is 2.56. The SMILES string of the molecule is Cc1nc(C)n(CCOc2ccccc2Br)n1. The van der Waals surface area contributed by atoms with Crippen molar-refractivity contribution in [3.63, 3.8) is 0 Å². The minimum Gasteiger partial charge on any atom is -0.490 e. The van der Waals surface area contributed by atoms with E-state index < -0.39 is 0 Å². The molecule has 0 aliphatic carbocycles. The summed E-state index contributed by atoms with van der Waals surface area (Å²) < 4.78 is 8.49. The van der Waals surface area contributed by atoms with Gasteiger partial charge in [-0.1, -0.05) is 12.1 Å². The lowest BCUT2D eigenvalue weighted by Gasteiger charge is -2.08. The van der Waals surface area contributed by atoms with Crippen molar-refractivity contribution >= 4 is 15.9 Å². The van der Waals surface area contributed by atoms with Crippen LogP contribution in [-0.4, -0.2) is 21.4 Å². The van der Waals surface area contributed by atoms with E-state index in [2.05, 4.69) is 26.0 Å². The monoisotopic (exact) mass is 295 g/mol. The molecule has 1 aromatic carbocycles. The maximum Gasteiger partial charge on any atom is 0.147 e. The van der Waals surface area contributed by atoms with Crippen LogP contribution in [-0.2, 0) is 6.54 Å². The van der Waals surface area contributed by atoms with Crippen molar-refractivity contribution < 1.29 is 4.74 Å². The Hall–Kier alpha value is -1.36. The maximum atomic E-state index is 5.67. The summed E-state index contributed by atoms with van der Waals surface area (Å²) >= 11 is 3.44. The van der Waals surface area contributed by atoms with Crippen LogP contribution in [0.1, 0.15) is 11.6 Å². The average Bonchev–Trinajstić information content (AvgIpc) is 2.60. The van der Waals surface area contributed by atoms with E-state index in [1.807, 2.05) is 42.8 Å². The zero-order valence-electron chi connectivity index (χ0n) is 9.85. The Morgan fingerprint density at radius 2 is 2.06 bits per heavy atom. The van der Waals surface area contributed by atoms with Crippen LogP contribution in [0.15, 0.2) is 28.7 Å². The predicted octanol–water partition coefficient (Wildman–Crippen LogP) is 2.74.